The molecule has 2 aromatic heterocycles. The zero-order valence-corrected chi connectivity index (χ0v) is 12.0. The van der Waals surface area contributed by atoms with Gasteiger partial charge in [-0.3, -0.25) is 0 Å². The highest BCUT2D eigenvalue weighted by atomic mass is 16.3. The molecule has 4 nitrogen and oxygen atoms in total. The Bertz CT molecular complexity index is 501. The third-order valence-corrected chi connectivity index (χ3v) is 3.21. The Morgan fingerprint density at radius 3 is 2.84 bits per heavy atom. The van der Waals surface area contributed by atoms with Gasteiger partial charge in [0.15, 0.2) is 0 Å². The molecule has 0 spiro atoms. The number of rotatable bonds is 7. The SMILES string of the molecule is CCCn1ccnc1CC(NCC)c1ccc(C)o1. The zero-order valence-electron chi connectivity index (χ0n) is 12.0. The normalized spacial score (nSPS) is 12.8. The van der Waals surface area contributed by atoms with Crippen LogP contribution in [-0.4, -0.2) is 16.1 Å². The molecule has 2 aromatic rings. The van der Waals surface area contributed by atoms with Crippen LogP contribution in [0.5, 0.6) is 0 Å². The maximum Gasteiger partial charge on any atom is 0.121 e. The second-order valence-electron chi connectivity index (χ2n) is 4.80. The van der Waals surface area contributed by atoms with E-state index in [2.05, 4.69) is 41.0 Å². The van der Waals surface area contributed by atoms with Crippen LogP contribution in [0.4, 0.5) is 0 Å². The summed E-state index contributed by atoms with van der Waals surface area (Å²) in [7, 11) is 0. The number of likely N-dealkylation sites (N-methyl/N-ethyl adjacent to an activating group) is 1. The minimum absolute atomic E-state index is 0.191. The number of nitrogens with one attached hydrogen (secondary N) is 1. The van der Waals surface area contributed by atoms with Gasteiger partial charge in [-0.25, -0.2) is 4.98 Å². The molecule has 0 aliphatic carbocycles. The van der Waals surface area contributed by atoms with E-state index in [1.54, 1.807) is 0 Å². The molecule has 0 radical (unpaired) electrons. The molecule has 104 valence electrons. The maximum absolute atomic E-state index is 5.75. The van der Waals surface area contributed by atoms with Gasteiger partial charge in [0.05, 0.1) is 6.04 Å². The fourth-order valence-corrected chi connectivity index (χ4v) is 2.32. The third kappa shape index (κ3) is 3.47. The molecule has 1 unspecified atom stereocenters. The predicted molar refractivity (Wildman–Crippen MR) is 76.1 cm³/mol. The van der Waals surface area contributed by atoms with Gasteiger partial charge in [0.2, 0.25) is 0 Å². The molecule has 0 saturated heterocycles. The number of imidazole rings is 1. The molecule has 0 aromatic carbocycles. The summed E-state index contributed by atoms with van der Waals surface area (Å²) in [6.07, 6.45) is 5.90. The highest BCUT2D eigenvalue weighted by molar-refractivity contribution is 5.12. The molecule has 4 heteroatoms. The first-order valence-electron chi connectivity index (χ1n) is 7.04. The Labute approximate surface area is 114 Å². The summed E-state index contributed by atoms with van der Waals surface area (Å²) in [4.78, 5) is 4.47. The largest absolute Gasteiger partial charge is 0.465 e. The lowest BCUT2D eigenvalue weighted by Crippen LogP contribution is -2.24. The van der Waals surface area contributed by atoms with Crippen molar-refractivity contribution in [2.45, 2.75) is 46.2 Å². The van der Waals surface area contributed by atoms with Crippen LogP contribution in [0.3, 0.4) is 0 Å². The average molecular weight is 261 g/mol. The molecule has 2 rings (SSSR count). The number of aryl methyl sites for hydroxylation is 2. The average Bonchev–Trinajstić information content (AvgIpc) is 2.99. The Balaban J connectivity index is 2.14. The van der Waals surface area contributed by atoms with Gasteiger partial charge in [-0.05, 0) is 32.0 Å². The second kappa shape index (κ2) is 6.57. The monoisotopic (exact) mass is 261 g/mol. The Morgan fingerprint density at radius 2 is 2.21 bits per heavy atom. The molecule has 1 atom stereocenters. The molecular weight excluding hydrogens is 238 g/mol. The van der Waals surface area contributed by atoms with Gasteiger partial charge in [-0.15, -0.1) is 0 Å². The molecule has 1 N–H and O–H groups in total. The molecule has 2 heterocycles. The van der Waals surface area contributed by atoms with Crippen molar-refractivity contribution in [2.75, 3.05) is 6.54 Å². The fourth-order valence-electron chi connectivity index (χ4n) is 2.32. The van der Waals surface area contributed by atoms with E-state index in [1.807, 2.05) is 19.2 Å². The Hall–Kier alpha value is -1.55. The highest BCUT2D eigenvalue weighted by Gasteiger charge is 2.17. The van der Waals surface area contributed by atoms with Crippen LogP contribution in [0.2, 0.25) is 0 Å². The Kier molecular flexibility index (Phi) is 4.80. The van der Waals surface area contributed by atoms with Gasteiger partial charge in [0.25, 0.3) is 0 Å². The van der Waals surface area contributed by atoms with E-state index in [1.165, 1.54) is 0 Å². The minimum atomic E-state index is 0.191. The van der Waals surface area contributed by atoms with E-state index in [-0.39, 0.29) is 6.04 Å². The van der Waals surface area contributed by atoms with Crippen molar-refractivity contribution in [3.63, 3.8) is 0 Å². The van der Waals surface area contributed by atoms with Gasteiger partial charge in [0, 0.05) is 25.4 Å². The molecule has 0 saturated carbocycles. The summed E-state index contributed by atoms with van der Waals surface area (Å²) in [5.41, 5.74) is 0. The van der Waals surface area contributed by atoms with E-state index in [4.69, 9.17) is 4.42 Å². The van der Waals surface area contributed by atoms with E-state index < -0.39 is 0 Å². The summed E-state index contributed by atoms with van der Waals surface area (Å²) in [5.74, 6) is 3.06. The fraction of sp³-hybridized carbons (Fsp3) is 0.533. The van der Waals surface area contributed by atoms with Crippen molar-refractivity contribution in [3.05, 3.63) is 41.9 Å². The topological polar surface area (TPSA) is 43.0 Å². The van der Waals surface area contributed by atoms with Crippen molar-refractivity contribution >= 4 is 0 Å². The number of hydrogen-bond acceptors (Lipinski definition) is 3. The van der Waals surface area contributed by atoms with Crippen molar-refractivity contribution in [1.29, 1.82) is 0 Å². The summed E-state index contributed by atoms with van der Waals surface area (Å²) >= 11 is 0. The van der Waals surface area contributed by atoms with Crippen LogP contribution >= 0.6 is 0 Å². The second-order valence-corrected chi connectivity index (χ2v) is 4.80. The van der Waals surface area contributed by atoms with Gasteiger partial charge < -0.3 is 14.3 Å². The summed E-state index contributed by atoms with van der Waals surface area (Å²) in [6, 6.07) is 4.25. The van der Waals surface area contributed by atoms with Crippen LogP contribution in [0.1, 0.15) is 43.7 Å². The number of aromatic nitrogens is 2. The summed E-state index contributed by atoms with van der Waals surface area (Å²) < 4.78 is 7.97. The lowest BCUT2D eigenvalue weighted by atomic mass is 10.1. The first-order valence-corrected chi connectivity index (χ1v) is 7.04. The smallest absolute Gasteiger partial charge is 0.121 e. The van der Waals surface area contributed by atoms with Crippen LogP contribution in [-0.2, 0) is 13.0 Å². The molecule has 0 aliphatic rings. The lowest BCUT2D eigenvalue weighted by Gasteiger charge is -2.16. The molecular formula is C15H23N3O. The molecule has 0 amide bonds. The van der Waals surface area contributed by atoms with Crippen molar-refractivity contribution in [3.8, 4) is 0 Å². The van der Waals surface area contributed by atoms with E-state index in [0.717, 1.165) is 43.3 Å². The standard InChI is InChI=1S/C15H23N3O/c1-4-9-18-10-8-17-15(18)11-13(16-5-2)14-7-6-12(3)19-14/h6-8,10,13,16H,4-5,9,11H2,1-3H3. The molecule has 19 heavy (non-hydrogen) atoms. The summed E-state index contributed by atoms with van der Waals surface area (Å²) in [5, 5.41) is 3.47. The van der Waals surface area contributed by atoms with Crippen LogP contribution in [0.15, 0.2) is 28.9 Å². The van der Waals surface area contributed by atoms with Gasteiger partial charge >= 0.3 is 0 Å². The number of hydrogen-bond donors (Lipinski definition) is 1. The van der Waals surface area contributed by atoms with Crippen molar-refractivity contribution in [2.24, 2.45) is 0 Å². The lowest BCUT2D eigenvalue weighted by molar-refractivity contribution is 0.395. The third-order valence-electron chi connectivity index (χ3n) is 3.21. The van der Waals surface area contributed by atoms with E-state index in [0.29, 0.717) is 0 Å². The number of nitrogens with zero attached hydrogens (tertiary/aromatic N) is 2. The van der Waals surface area contributed by atoms with Gasteiger partial charge in [0.1, 0.15) is 17.3 Å². The van der Waals surface area contributed by atoms with Crippen LogP contribution in [0, 0.1) is 6.92 Å². The molecule has 0 bridgehead atoms. The Morgan fingerprint density at radius 1 is 1.37 bits per heavy atom. The highest BCUT2D eigenvalue weighted by Crippen LogP contribution is 2.20. The van der Waals surface area contributed by atoms with Crippen LogP contribution < -0.4 is 5.32 Å². The first-order chi connectivity index (χ1) is 9.24. The van der Waals surface area contributed by atoms with Crippen LogP contribution in [0.25, 0.3) is 0 Å². The van der Waals surface area contributed by atoms with E-state index >= 15 is 0 Å². The first kappa shape index (κ1) is 13.9. The predicted octanol–water partition coefficient (Wildman–Crippen LogP) is 3.09. The van der Waals surface area contributed by atoms with Crippen molar-refractivity contribution in [1.82, 2.24) is 14.9 Å². The maximum atomic E-state index is 5.75. The van der Waals surface area contributed by atoms with Crippen molar-refractivity contribution < 1.29 is 4.42 Å². The molecule has 0 fully saturated rings. The quantitative estimate of drug-likeness (QED) is 0.833. The van der Waals surface area contributed by atoms with Gasteiger partial charge in [-0.1, -0.05) is 13.8 Å². The zero-order chi connectivity index (χ0) is 13.7. The number of furan rings is 1. The minimum Gasteiger partial charge on any atom is -0.465 e. The van der Waals surface area contributed by atoms with E-state index in [9.17, 15) is 0 Å². The van der Waals surface area contributed by atoms with Gasteiger partial charge in [-0.2, -0.15) is 0 Å². The molecule has 0 aliphatic heterocycles. The summed E-state index contributed by atoms with van der Waals surface area (Å²) in [6.45, 7) is 8.21.